The molecule has 0 amide bonds. The van der Waals surface area contributed by atoms with Crippen LogP contribution in [0.4, 0.5) is 0 Å². The molecule has 98 valence electrons. The lowest BCUT2D eigenvalue weighted by Gasteiger charge is -2.26. The van der Waals surface area contributed by atoms with E-state index >= 15 is 0 Å². The molecular formula is C15H22N2O. The van der Waals surface area contributed by atoms with Crippen molar-refractivity contribution >= 4 is 0 Å². The summed E-state index contributed by atoms with van der Waals surface area (Å²) in [4.78, 5) is 0. The van der Waals surface area contributed by atoms with Crippen LogP contribution in [0.3, 0.4) is 0 Å². The number of nitrogens with zero attached hydrogens (tertiary/aromatic N) is 1. The maximum absolute atomic E-state index is 8.93. The normalized spacial score (nSPS) is 11.1. The summed E-state index contributed by atoms with van der Waals surface area (Å²) in [5.41, 5.74) is 1.80. The van der Waals surface area contributed by atoms with E-state index in [0.29, 0.717) is 12.1 Å². The Labute approximate surface area is 110 Å². The molecule has 3 heteroatoms. The largest absolute Gasteiger partial charge is 0.496 e. The van der Waals surface area contributed by atoms with E-state index < -0.39 is 0 Å². The van der Waals surface area contributed by atoms with E-state index in [1.807, 2.05) is 12.1 Å². The lowest BCUT2D eigenvalue weighted by atomic mass is 9.98. The molecular weight excluding hydrogens is 224 g/mol. The molecule has 1 rings (SSSR count). The molecule has 0 unspecified atom stereocenters. The third-order valence-corrected chi connectivity index (χ3v) is 3.04. The highest BCUT2D eigenvalue weighted by Gasteiger charge is 2.16. The van der Waals surface area contributed by atoms with Gasteiger partial charge in [-0.3, -0.25) is 0 Å². The summed E-state index contributed by atoms with van der Waals surface area (Å²) in [5, 5.41) is 12.4. The van der Waals surface area contributed by atoms with E-state index in [4.69, 9.17) is 10.00 Å². The number of ether oxygens (including phenoxy) is 1. The summed E-state index contributed by atoms with van der Waals surface area (Å²) < 4.78 is 5.32. The molecule has 0 spiro atoms. The maximum atomic E-state index is 8.93. The third-order valence-electron chi connectivity index (χ3n) is 3.04. The predicted octanol–water partition coefficient (Wildman–Crippen LogP) is 3.24. The Morgan fingerprint density at radius 1 is 1.39 bits per heavy atom. The molecule has 0 aliphatic carbocycles. The Morgan fingerprint density at radius 2 is 2.11 bits per heavy atom. The zero-order valence-corrected chi connectivity index (χ0v) is 11.7. The first-order valence-corrected chi connectivity index (χ1v) is 6.34. The lowest BCUT2D eigenvalue weighted by Crippen LogP contribution is -2.38. The summed E-state index contributed by atoms with van der Waals surface area (Å²) in [7, 11) is 1.65. The fraction of sp³-hybridized carbons (Fsp3) is 0.533. The minimum absolute atomic E-state index is 0.0996. The molecule has 0 aromatic heterocycles. The average molecular weight is 246 g/mol. The second-order valence-corrected chi connectivity index (χ2v) is 5.13. The molecule has 0 saturated carbocycles. The summed E-state index contributed by atoms with van der Waals surface area (Å²) in [6.45, 7) is 7.28. The fourth-order valence-electron chi connectivity index (χ4n) is 2.03. The minimum atomic E-state index is 0.0996. The van der Waals surface area contributed by atoms with Crippen LogP contribution >= 0.6 is 0 Å². The van der Waals surface area contributed by atoms with Gasteiger partial charge in [-0.25, -0.2) is 0 Å². The number of nitrogens with one attached hydrogen (secondary N) is 1. The van der Waals surface area contributed by atoms with Crippen LogP contribution in [0.2, 0.25) is 0 Å². The Bertz CT molecular complexity index is 433. The molecule has 0 radical (unpaired) electrons. The van der Waals surface area contributed by atoms with E-state index in [0.717, 1.165) is 24.2 Å². The molecule has 3 nitrogen and oxygen atoms in total. The van der Waals surface area contributed by atoms with Crippen LogP contribution in [0.1, 0.15) is 44.7 Å². The number of rotatable bonds is 6. The highest BCUT2D eigenvalue weighted by molar-refractivity contribution is 5.42. The predicted molar refractivity (Wildman–Crippen MR) is 73.5 cm³/mol. The highest BCUT2D eigenvalue weighted by atomic mass is 16.5. The van der Waals surface area contributed by atoms with Crippen LogP contribution in [-0.4, -0.2) is 12.6 Å². The first-order chi connectivity index (χ1) is 8.52. The van der Waals surface area contributed by atoms with Crippen LogP contribution in [0.5, 0.6) is 5.75 Å². The van der Waals surface area contributed by atoms with Gasteiger partial charge in [-0.15, -0.1) is 0 Å². The van der Waals surface area contributed by atoms with Gasteiger partial charge >= 0.3 is 0 Å². The molecule has 0 aliphatic heterocycles. The second-order valence-electron chi connectivity index (χ2n) is 5.13. The van der Waals surface area contributed by atoms with Crippen LogP contribution in [0.15, 0.2) is 18.2 Å². The topological polar surface area (TPSA) is 45.0 Å². The van der Waals surface area contributed by atoms with Gasteiger partial charge in [0.25, 0.3) is 0 Å². The van der Waals surface area contributed by atoms with Crippen molar-refractivity contribution in [1.82, 2.24) is 5.32 Å². The van der Waals surface area contributed by atoms with Gasteiger partial charge in [-0.05, 0) is 38.5 Å². The quantitative estimate of drug-likeness (QED) is 0.838. The fourth-order valence-corrected chi connectivity index (χ4v) is 2.03. The van der Waals surface area contributed by atoms with Crippen molar-refractivity contribution in [3.63, 3.8) is 0 Å². The monoisotopic (exact) mass is 246 g/mol. The van der Waals surface area contributed by atoms with Crippen molar-refractivity contribution in [2.45, 2.75) is 45.7 Å². The molecule has 1 aromatic rings. The van der Waals surface area contributed by atoms with Gasteiger partial charge in [-0.2, -0.15) is 5.26 Å². The van der Waals surface area contributed by atoms with Gasteiger partial charge in [0.2, 0.25) is 0 Å². The Balaban J connectivity index is 2.80. The van der Waals surface area contributed by atoms with Gasteiger partial charge in [0, 0.05) is 17.6 Å². The molecule has 1 aromatic carbocycles. The lowest BCUT2D eigenvalue weighted by molar-refractivity contribution is 0.350. The zero-order valence-electron chi connectivity index (χ0n) is 11.7. The Hall–Kier alpha value is -1.53. The standard InChI is InChI=1S/C15H22N2O/c1-5-8-15(2,3)17-11-13-9-12(10-16)6-7-14(13)18-4/h6-7,9,17H,5,8,11H2,1-4H3. The van der Waals surface area contributed by atoms with Gasteiger partial charge in [0.05, 0.1) is 18.7 Å². The summed E-state index contributed by atoms with van der Waals surface area (Å²) in [5.74, 6) is 0.828. The molecule has 0 heterocycles. The molecule has 0 aliphatic rings. The minimum Gasteiger partial charge on any atom is -0.496 e. The van der Waals surface area contributed by atoms with Gasteiger partial charge in [0.15, 0.2) is 0 Å². The number of hydrogen-bond donors (Lipinski definition) is 1. The molecule has 1 N–H and O–H groups in total. The third kappa shape index (κ3) is 4.05. The van der Waals surface area contributed by atoms with Crippen LogP contribution in [0.25, 0.3) is 0 Å². The average Bonchev–Trinajstić information content (AvgIpc) is 2.36. The van der Waals surface area contributed by atoms with Gasteiger partial charge < -0.3 is 10.1 Å². The van der Waals surface area contributed by atoms with E-state index in [2.05, 4.69) is 32.2 Å². The SMILES string of the molecule is CCCC(C)(C)NCc1cc(C#N)ccc1OC. The summed E-state index contributed by atoms with van der Waals surface area (Å²) in [6.07, 6.45) is 2.27. The van der Waals surface area contributed by atoms with E-state index in [-0.39, 0.29) is 5.54 Å². The van der Waals surface area contributed by atoms with Crippen molar-refractivity contribution in [2.24, 2.45) is 0 Å². The van der Waals surface area contributed by atoms with Crippen molar-refractivity contribution in [1.29, 1.82) is 5.26 Å². The van der Waals surface area contributed by atoms with Crippen molar-refractivity contribution in [3.05, 3.63) is 29.3 Å². The van der Waals surface area contributed by atoms with Crippen LogP contribution in [0, 0.1) is 11.3 Å². The smallest absolute Gasteiger partial charge is 0.123 e. The highest BCUT2D eigenvalue weighted by Crippen LogP contribution is 2.21. The van der Waals surface area contributed by atoms with E-state index in [1.54, 1.807) is 13.2 Å². The van der Waals surface area contributed by atoms with Crippen molar-refractivity contribution in [3.8, 4) is 11.8 Å². The molecule has 18 heavy (non-hydrogen) atoms. The van der Waals surface area contributed by atoms with Crippen molar-refractivity contribution < 1.29 is 4.74 Å². The molecule has 0 saturated heterocycles. The Morgan fingerprint density at radius 3 is 2.67 bits per heavy atom. The molecule has 0 atom stereocenters. The second kappa shape index (κ2) is 6.42. The van der Waals surface area contributed by atoms with Crippen LogP contribution < -0.4 is 10.1 Å². The molecule has 0 bridgehead atoms. The Kier molecular flexibility index (Phi) is 5.18. The zero-order chi connectivity index (χ0) is 13.6. The number of methoxy groups -OCH3 is 1. The number of nitriles is 1. The number of hydrogen-bond acceptors (Lipinski definition) is 3. The summed E-state index contributed by atoms with van der Waals surface area (Å²) >= 11 is 0. The summed E-state index contributed by atoms with van der Waals surface area (Å²) in [6, 6.07) is 7.67. The van der Waals surface area contributed by atoms with E-state index in [1.165, 1.54) is 0 Å². The van der Waals surface area contributed by atoms with E-state index in [9.17, 15) is 0 Å². The van der Waals surface area contributed by atoms with Gasteiger partial charge in [0.1, 0.15) is 5.75 Å². The first kappa shape index (κ1) is 14.5. The maximum Gasteiger partial charge on any atom is 0.123 e. The first-order valence-electron chi connectivity index (χ1n) is 6.34. The number of benzene rings is 1. The van der Waals surface area contributed by atoms with Crippen molar-refractivity contribution in [2.75, 3.05) is 7.11 Å². The van der Waals surface area contributed by atoms with Gasteiger partial charge in [-0.1, -0.05) is 13.3 Å². The van der Waals surface area contributed by atoms with Crippen LogP contribution in [-0.2, 0) is 6.54 Å². The molecule has 0 fully saturated rings.